The molecule has 0 spiro atoms. The number of fused-ring (bicyclic) bond motifs is 1. The van der Waals surface area contributed by atoms with Gasteiger partial charge in [-0.3, -0.25) is 0 Å². The van der Waals surface area contributed by atoms with Crippen molar-refractivity contribution in [2.45, 2.75) is 32.1 Å². The van der Waals surface area contributed by atoms with Gasteiger partial charge in [0.2, 0.25) is 5.89 Å². The van der Waals surface area contributed by atoms with Crippen LogP contribution in [-0.4, -0.2) is 18.1 Å². The van der Waals surface area contributed by atoms with E-state index in [0.717, 1.165) is 48.5 Å². The lowest BCUT2D eigenvalue weighted by molar-refractivity contribution is 0.279. The molecule has 1 aromatic heterocycles. The van der Waals surface area contributed by atoms with Crippen molar-refractivity contribution in [1.82, 2.24) is 10.3 Å². The summed E-state index contributed by atoms with van der Waals surface area (Å²) in [5.41, 5.74) is 2.77. The van der Waals surface area contributed by atoms with Crippen LogP contribution in [0.5, 0.6) is 0 Å². The zero-order valence-corrected chi connectivity index (χ0v) is 11.5. The Morgan fingerprint density at radius 3 is 3.00 bits per heavy atom. The fourth-order valence-electron chi connectivity index (χ4n) is 2.65. The Hall–Kier alpha value is -1.06. The van der Waals surface area contributed by atoms with Crippen LogP contribution in [0.3, 0.4) is 0 Å². The normalized spacial score (nSPS) is 24.6. The molecule has 4 heteroatoms. The van der Waals surface area contributed by atoms with Gasteiger partial charge in [-0.25, -0.2) is 4.98 Å². The van der Waals surface area contributed by atoms with Crippen LogP contribution in [0.15, 0.2) is 16.5 Å². The molecule has 3 nitrogen and oxygen atoms in total. The highest BCUT2D eigenvalue weighted by Gasteiger charge is 2.34. The number of rotatable bonds is 1. The van der Waals surface area contributed by atoms with Crippen LogP contribution in [0.2, 0.25) is 5.02 Å². The Morgan fingerprint density at radius 2 is 2.28 bits per heavy atom. The monoisotopic (exact) mass is 264 g/mol. The first-order valence-corrected chi connectivity index (χ1v) is 6.74. The molecule has 2 heterocycles. The average Bonchev–Trinajstić information content (AvgIpc) is 2.74. The number of hydrogen-bond acceptors (Lipinski definition) is 3. The minimum Gasteiger partial charge on any atom is -0.440 e. The van der Waals surface area contributed by atoms with Crippen LogP contribution < -0.4 is 5.32 Å². The molecule has 1 aliphatic rings. The number of aromatic nitrogens is 1. The van der Waals surface area contributed by atoms with Crippen molar-refractivity contribution >= 4 is 22.7 Å². The van der Waals surface area contributed by atoms with E-state index in [2.05, 4.69) is 17.2 Å². The van der Waals surface area contributed by atoms with Gasteiger partial charge in [0.1, 0.15) is 5.52 Å². The van der Waals surface area contributed by atoms with E-state index in [4.69, 9.17) is 16.0 Å². The second-order valence-electron chi connectivity index (χ2n) is 5.43. The first-order valence-electron chi connectivity index (χ1n) is 6.36. The molecular formula is C14H17ClN2O. The number of hydrogen-bond donors (Lipinski definition) is 1. The van der Waals surface area contributed by atoms with Crippen LogP contribution in [0.1, 0.15) is 31.2 Å². The minimum absolute atomic E-state index is 0.00378. The van der Waals surface area contributed by atoms with E-state index in [1.807, 2.05) is 19.1 Å². The van der Waals surface area contributed by atoms with Gasteiger partial charge in [-0.15, -0.1) is 0 Å². The zero-order chi connectivity index (χ0) is 12.8. The summed E-state index contributed by atoms with van der Waals surface area (Å²) in [4.78, 5) is 4.64. The highest BCUT2D eigenvalue weighted by molar-refractivity contribution is 6.31. The van der Waals surface area contributed by atoms with Crippen molar-refractivity contribution in [1.29, 1.82) is 0 Å². The van der Waals surface area contributed by atoms with Gasteiger partial charge in [-0.05, 0) is 50.9 Å². The van der Waals surface area contributed by atoms with E-state index >= 15 is 0 Å². The van der Waals surface area contributed by atoms with Crippen molar-refractivity contribution in [3.63, 3.8) is 0 Å². The van der Waals surface area contributed by atoms with Crippen molar-refractivity contribution in [3.05, 3.63) is 28.6 Å². The number of nitrogens with zero attached hydrogens (tertiary/aromatic N) is 1. The highest BCUT2D eigenvalue weighted by atomic mass is 35.5. The molecule has 0 saturated carbocycles. The summed E-state index contributed by atoms with van der Waals surface area (Å²) in [6.07, 6.45) is 2.27. The Kier molecular flexibility index (Phi) is 2.83. The van der Waals surface area contributed by atoms with Crippen LogP contribution in [-0.2, 0) is 5.41 Å². The molecule has 0 aliphatic carbocycles. The molecule has 1 aromatic carbocycles. The predicted molar refractivity (Wildman–Crippen MR) is 73.2 cm³/mol. The van der Waals surface area contributed by atoms with Crippen LogP contribution in [0.4, 0.5) is 0 Å². The molecule has 96 valence electrons. The number of oxazole rings is 1. The van der Waals surface area contributed by atoms with Gasteiger partial charge in [-0.1, -0.05) is 11.6 Å². The van der Waals surface area contributed by atoms with Crippen molar-refractivity contribution in [2.75, 3.05) is 13.1 Å². The second-order valence-corrected chi connectivity index (χ2v) is 5.87. The third-order valence-electron chi connectivity index (χ3n) is 3.75. The lowest BCUT2D eigenvalue weighted by Crippen LogP contribution is -2.41. The Balaban J connectivity index is 2.10. The first kappa shape index (κ1) is 12.0. The number of benzene rings is 1. The van der Waals surface area contributed by atoms with E-state index in [1.165, 1.54) is 0 Å². The molecule has 1 atom stereocenters. The standard InChI is InChI=1S/C14H17ClN2O/c1-9-6-10(15)7-11-12(9)18-13(17-11)14(2)4-3-5-16-8-14/h6-7,16H,3-5,8H2,1-2H3. The molecule has 1 saturated heterocycles. The summed E-state index contributed by atoms with van der Waals surface area (Å²) in [5, 5.41) is 4.13. The summed E-state index contributed by atoms with van der Waals surface area (Å²) >= 11 is 6.06. The number of aryl methyl sites for hydroxylation is 1. The topological polar surface area (TPSA) is 38.1 Å². The zero-order valence-electron chi connectivity index (χ0n) is 10.7. The highest BCUT2D eigenvalue weighted by Crippen LogP contribution is 2.34. The molecule has 1 fully saturated rings. The van der Waals surface area contributed by atoms with E-state index in [9.17, 15) is 0 Å². The molecule has 1 N–H and O–H groups in total. The summed E-state index contributed by atoms with van der Waals surface area (Å²) in [7, 11) is 0. The summed E-state index contributed by atoms with van der Waals surface area (Å²) in [6, 6.07) is 3.79. The largest absolute Gasteiger partial charge is 0.440 e. The van der Waals surface area contributed by atoms with E-state index in [-0.39, 0.29) is 5.41 Å². The fourth-order valence-corrected chi connectivity index (χ4v) is 2.92. The molecule has 0 radical (unpaired) electrons. The lowest BCUT2D eigenvalue weighted by atomic mass is 9.83. The first-order chi connectivity index (χ1) is 8.58. The van der Waals surface area contributed by atoms with E-state index < -0.39 is 0 Å². The predicted octanol–water partition coefficient (Wildman–Crippen LogP) is 3.43. The smallest absolute Gasteiger partial charge is 0.202 e. The van der Waals surface area contributed by atoms with Gasteiger partial charge in [0.25, 0.3) is 0 Å². The molecule has 3 rings (SSSR count). The summed E-state index contributed by atoms with van der Waals surface area (Å²) in [5.74, 6) is 0.829. The van der Waals surface area contributed by atoms with Crippen molar-refractivity contribution in [2.24, 2.45) is 0 Å². The summed E-state index contributed by atoms with van der Waals surface area (Å²) in [6.45, 7) is 6.22. The molecular weight excluding hydrogens is 248 g/mol. The Morgan fingerprint density at radius 1 is 1.44 bits per heavy atom. The maximum absolute atomic E-state index is 6.06. The van der Waals surface area contributed by atoms with E-state index in [1.54, 1.807) is 0 Å². The Bertz CT molecular complexity index is 585. The molecule has 1 unspecified atom stereocenters. The second kappa shape index (κ2) is 4.25. The third kappa shape index (κ3) is 1.91. The minimum atomic E-state index is -0.00378. The van der Waals surface area contributed by atoms with Crippen molar-refractivity contribution < 1.29 is 4.42 Å². The maximum atomic E-state index is 6.06. The molecule has 0 amide bonds. The third-order valence-corrected chi connectivity index (χ3v) is 3.97. The van der Waals surface area contributed by atoms with Gasteiger partial charge in [-0.2, -0.15) is 0 Å². The molecule has 0 bridgehead atoms. The van der Waals surface area contributed by atoms with Crippen LogP contribution in [0, 0.1) is 6.92 Å². The van der Waals surface area contributed by atoms with Gasteiger partial charge >= 0.3 is 0 Å². The number of halogens is 1. The van der Waals surface area contributed by atoms with Gasteiger partial charge in [0, 0.05) is 11.6 Å². The average molecular weight is 265 g/mol. The van der Waals surface area contributed by atoms with Gasteiger partial charge in [0.05, 0.1) is 5.41 Å². The molecule has 2 aromatic rings. The SMILES string of the molecule is Cc1cc(Cl)cc2nc(C3(C)CCCNC3)oc12. The fraction of sp³-hybridized carbons (Fsp3) is 0.500. The number of nitrogens with one attached hydrogen (secondary N) is 1. The van der Waals surface area contributed by atoms with E-state index in [0.29, 0.717) is 5.02 Å². The molecule has 18 heavy (non-hydrogen) atoms. The number of piperidine rings is 1. The maximum Gasteiger partial charge on any atom is 0.202 e. The quantitative estimate of drug-likeness (QED) is 0.858. The van der Waals surface area contributed by atoms with Crippen LogP contribution >= 0.6 is 11.6 Å². The lowest BCUT2D eigenvalue weighted by Gasteiger charge is -2.30. The summed E-state index contributed by atoms with van der Waals surface area (Å²) < 4.78 is 5.99. The molecule has 1 aliphatic heterocycles. The van der Waals surface area contributed by atoms with Gasteiger partial charge < -0.3 is 9.73 Å². The van der Waals surface area contributed by atoms with Crippen LogP contribution in [0.25, 0.3) is 11.1 Å². The van der Waals surface area contributed by atoms with Crippen molar-refractivity contribution in [3.8, 4) is 0 Å². The Labute approximate surface area is 112 Å². The van der Waals surface area contributed by atoms with Gasteiger partial charge in [0.15, 0.2) is 5.58 Å².